The normalized spacial score (nSPS) is 18.5. The van der Waals surface area contributed by atoms with Crippen molar-refractivity contribution in [2.24, 2.45) is 5.41 Å². The Hall–Kier alpha value is -2.35. The lowest BCUT2D eigenvalue weighted by molar-refractivity contribution is -0.130. The fourth-order valence-corrected chi connectivity index (χ4v) is 3.86. The van der Waals surface area contributed by atoms with Crippen LogP contribution in [0.25, 0.3) is 0 Å². The Balaban J connectivity index is 2.40. The van der Waals surface area contributed by atoms with Crippen molar-refractivity contribution in [3.05, 3.63) is 17.3 Å². The summed E-state index contributed by atoms with van der Waals surface area (Å²) in [5.74, 6) is -0.318. The quantitative estimate of drug-likeness (QED) is 0.529. The van der Waals surface area contributed by atoms with Crippen LogP contribution in [-0.4, -0.2) is 67.0 Å². The van der Waals surface area contributed by atoms with Gasteiger partial charge in [0, 0.05) is 44.8 Å². The number of rotatable bonds is 4. The zero-order valence-corrected chi connectivity index (χ0v) is 19.5. The lowest BCUT2D eigenvalue weighted by Gasteiger charge is -2.48. The minimum Gasteiger partial charge on any atom is -0.444 e. The van der Waals surface area contributed by atoms with E-state index in [2.05, 4.69) is 4.98 Å². The molecule has 1 atom stereocenters. The fraction of sp³-hybridized carbons (Fsp3) is 0.619. The molecule has 0 spiro atoms. The van der Waals surface area contributed by atoms with Gasteiger partial charge in [0.2, 0.25) is 6.29 Å². The van der Waals surface area contributed by atoms with Crippen LogP contribution < -0.4 is 9.80 Å². The predicted molar refractivity (Wildman–Crippen MR) is 117 cm³/mol. The minimum absolute atomic E-state index is 0.298. The number of hydrogen-bond acceptors (Lipinski definition) is 6. The molecule has 1 aromatic rings. The van der Waals surface area contributed by atoms with E-state index in [1.807, 2.05) is 48.7 Å². The predicted octanol–water partition coefficient (Wildman–Crippen LogP) is 3.37. The summed E-state index contributed by atoms with van der Waals surface area (Å²) in [7, 11) is 3.63. The Labute approximate surface area is 183 Å². The van der Waals surface area contributed by atoms with Crippen molar-refractivity contribution in [2.45, 2.75) is 52.7 Å². The Bertz CT molecular complexity index is 820. The molecule has 0 N–H and O–H groups in total. The van der Waals surface area contributed by atoms with Gasteiger partial charge >= 0.3 is 6.09 Å². The van der Waals surface area contributed by atoms with Gasteiger partial charge in [0.15, 0.2) is 5.82 Å². The van der Waals surface area contributed by atoms with Crippen molar-refractivity contribution in [3.8, 4) is 0 Å². The number of amides is 2. The molecule has 2 rings (SSSR count). The van der Waals surface area contributed by atoms with E-state index in [0.29, 0.717) is 42.3 Å². The van der Waals surface area contributed by atoms with Gasteiger partial charge < -0.3 is 14.5 Å². The summed E-state index contributed by atoms with van der Waals surface area (Å²) >= 11 is 6.11. The second-order valence-corrected chi connectivity index (χ2v) is 9.85. The number of pyridine rings is 1. The number of ether oxygens (including phenoxy) is 1. The largest absolute Gasteiger partial charge is 0.444 e. The van der Waals surface area contributed by atoms with Gasteiger partial charge in [-0.3, -0.25) is 14.5 Å². The van der Waals surface area contributed by atoms with E-state index in [-0.39, 0.29) is 12.1 Å². The van der Waals surface area contributed by atoms with Gasteiger partial charge in [-0.1, -0.05) is 25.4 Å². The first-order valence-corrected chi connectivity index (χ1v) is 10.2. The van der Waals surface area contributed by atoms with Crippen LogP contribution in [-0.2, 0) is 14.3 Å². The van der Waals surface area contributed by atoms with E-state index in [0.717, 1.165) is 0 Å². The highest BCUT2D eigenvalue weighted by molar-refractivity contribution is 6.32. The first kappa shape index (κ1) is 23.9. The molecule has 1 unspecified atom stereocenters. The van der Waals surface area contributed by atoms with Crippen molar-refractivity contribution in [3.63, 3.8) is 0 Å². The van der Waals surface area contributed by atoms with Crippen molar-refractivity contribution < 1.29 is 19.1 Å². The molecule has 9 heteroatoms. The number of carbonyl (C=O) groups is 3. The van der Waals surface area contributed by atoms with E-state index < -0.39 is 16.9 Å². The number of piperidine rings is 1. The lowest BCUT2D eigenvalue weighted by Crippen LogP contribution is -2.59. The lowest BCUT2D eigenvalue weighted by atomic mass is 9.78. The van der Waals surface area contributed by atoms with Gasteiger partial charge in [0.1, 0.15) is 5.60 Å². The highest BCUT2D eigenvalue weighted by Crippen LogP contribution is 2.39. The van der Waals surface area contributed by atoms with Crippen LogP contribution in [0.15, 0.2) is 12.3 Å². The highest BCUT2D eigenvalue weighted by atomic mass is 35.5. The van der Waals surface area contributed by atoms with Gasteiger partial charge in [-0.15, -0.1) is 0 Å². The summed E-state index contributed by atoms with van der Waals surface area (Å²) in [5.41, 5.74) is -0.479. The number of nitrogens with zero attached hydrogens (tertiary/aromatic N) is 4. The molecule has 30 heavy (non-hydrogen) atoms. The number of halogens is 1. The molecule has 166 valence electrons. The van der Waals surface area contributed by atoms with Crippen LogP contribution in [0.3, 0.4) is 0 Å². The van der Waals surface area contributed by atoms with Crippen LogP contribution in [0, 0.1) is 5.41 Å². The van der Waals surface area contributed by atoms with Crippen LogP contribution in [0.1, 0.15) is 41.0 Å². The van der Waals surface area contributed by atoms with Gasteiger partial charge in [0.05, 0.1) is 10.7 Å². The number of hydrogen-bond donors (Lipinski definition) is 0. The first-order valence-electron chi connectivity index (χ1n) is 9.86. The fourth-order valence-electron chi connectivity index (χ4n) is 3.70. The second-order valence-electron chi connectivity index (χ2n) is 9.41. The zero-order valence-electron chi connectivity index (χ0n) is 18.7. The average Bonchev–Trinajstić information content (AvgIpc) is 2.61. The van der Waals surface area contributed by atoms with Crippen molar-refractivity contribution >= 4 is 41.4 Å². The number of aromatic nitrogens is 1. The van der Waals surface area contributed by atoms with E-state index in [4.69, 9.17) is 16.3 Å². The molecule has 8 nitrogen and oxygen atoms in total. The molecule has 1 aliphatic heterocycles. The maximum Gasteiger partial charge on any atom is 0.410 e. The molecule has 2 amide bonds. The smallest absolute Gasteiger partial charge is 0.410 e. The molecular weight excluding hydrogens is 408 g/mol. The van der Waals surface area contributed by atoms with Crippen LogP contribution >= 0.6 is 11.6 Å². The molecule has 0 saturated carbocycles. The first-order chi connectivity index (χ1) is 13.8. The zero-order chi connectivity index (χ0) is 22.9. The molecule has 0 bridgehead atoms. The second kappa shape index (κ2) is 8.79. The van der Waals surface area contributed by atoms with E-state index >= 15 is 0 Å². The summed E-state index contributed by atoms with van der Waals surface area (Å²) in [5, 5.41) is 0.431. The summed E-state index contributed by atoms with van der Waals surface area (Å²) < 4.78 is 5.50. The van der Waals surface area contributed by atoms with Gasteiger partial charge in [-0.2, -0.15) is 0 Å². The van der Waals surface area contributed by atoms with Gasteiger partial charge in [0.25, 0.3) is 5.91 Å². The Morgan fingerprint density at radius 2 is 1.97 bits per heavy atom. The molecule has 1 fully saturated rings. The maximum atomic E-state index is 12.7. The third-order valence-corrected chi connectivity index (χ3v) is 5.21. The minimum atomic E-state index is -0.684. The molecule has 0 aromatic carbocycles. The molecule has 1 saturated heterocycles. The van der Waals surface area contributed by atoms with E-state index in [1.54, 1.807) is 15.9 Å². The summed E-state index contributed by atoms with van der Waals surface area (Å²) in [4.78, 5) is 46.0. The number of likely N-dealkylation sites (tertiary alicyclic amines) is 1. The topological polar surface area (TPSA) is 83.1 Å². The Morgan fingerprint density at radius 3 is 2.47 bits per heavy atom. The molecular formula is C21H31ClN4O4. The van der Waals surface area contributed by atoms with E-state index in [9.17, 15) is 14.4 Å². The molecule has 0 aliphatic carbocycles. The van der Waals surface area contributed by atoms with Crippen LogP contribution in [0.2, 0.25) is 5.02 Å². The summed E-state index contributed by atoms with van der Waals surface area (Å²) in [6.07, 6.45) is 1.84. The van der Waals surface area contributed by atoms with Crippen molar-refractivity contribution in [1.29, 1.82) is 0 Å². The van der Waals surface area contributed by atoms with Gasteiger partial charge in [-0.05, 0) is 33.3 Å². The summed E-state index contributed by atoms with van der Waals surface area (Å²) in [6, 6.07) is 1.36. The van der Waals surface area contributed by atoms with Crippen molar-refractivity contribution in [2.75, 3.05) is 37.0 Å². The third-order valence-electron chi connectivity index (χ3n) is 5.00. The Kier molecular flexibility index (Phi) is 7.01. The van der Waals surface area contributed by atoms with Gasteiger partial charge in [-0.25, -0.2) is 9.78 Å². The molecule has 1 aliphatic rings. The Morgan fingerprint density at radius 1 is 1.33 bits per heavy atom. The average molecular weight is 439 g/mol. The standard InChI is InChI=1S/C21H31ClN4O4/c1-20(2,3)30-19(29)25-9-8-16(21(4,5)13-25)26(17(28)12-27)18-15(24(6)7)10-14(22)11-23-18/h10-12,16H,8-9,13H2,1-7H3. The maximum absolute atomic E-state index is 12.7. The number of anilines is 2. The SMILES string of the molecule is CN(C)c1cc(Cl)cnc1N(C(=O)C=O)C1CCN(C(=O)OC(C)(C)C)CC1(C)C. The molecule has 0 radical (unpaired) electrons. The number of carbonyl (C=O) groups excluding carboxylic acids is 3. The van der Waals surface area contributed by atoms with Crippen LogP contribution in [0.4, 0.5) is 16.3 Å². The molecule has 2 heterocycles. The highest BCUT2D eigenvalue weighted by Gasteiger charge is 2.44. The van der Waals surface area contributed by atoms with E-state index in [1.165, 1.54) is 11.1 Å². The number of aldehydes is 1. The molecule has 1 aromatic heterocycles. The third kappa shape index (κ3) is 5.41. The monoisotopic (exact) mass is 438 g/mol. The summed E-state index contributed by atoms with van der Waals surface area (Å²) in [6.45, 7) is 10.2. The van der Waals surface area contributed by atoms with Crippen LogP contribution in [0.5, 0.6) is 0 Å². The van der Waals surface area contributed by atoms with Crippen molar-refractivity contribution in [1.82, 2.24) is 9.88 Å².